The molecular formula is C18H21NO4. The van der Waals surface area contributed by atoms with Crippen LogP contribution < -0.4 is 15.2 Å². The van der Waals surface area contributed by atoms with Crippen molar-refractivity contribution in [1.29, 1.82) is 0 Å². The Bertz CT molecular complexity index is 643. The van der Waals surface area contributed by atoms with Crippen molar-refractivity contribution in [2.75, 3.05) is 13.7 Å². The minimum atomic E-state index is -0.921. The first-order chi connectivity index (χ1) is 11.2. The molecule has 0 aromatic heterocycles. The summed E-state index contributed by atoms with van der Waals surface area (Å²) in [4.78, 5) is 11.9. The van der Waals surface area contributed by atoms with E-state index in [1.54, 1.807) is 32.2 Å². The molecule has 23 heavy (non-hydrogen) atoms. The van der Waals surface area contributed by atoms with Crippen molar-refractivity contribution in [2.24, 2.45) is 5.73 Å². The van der Waals surface area contributed by atoms with Gasteiger partial charge in [-0.05, 0) is 18.6 Å². The highest BCUT2D eigenvalue weighted by atomic mass is 16.5. The third-order valence-electron chi connectivity index (χ3n) is 3.33. The monoisotopic (exact) mass is 315 g/mol. The van der Waals surface area contributed by atoms with Gasteiger partial charge in [-0.3, -0.25) is 0 Å². The maximum Gasteiger partial charge on any atom is 0.327 e. The van der Waals surface area contributed by atoms with E-state index in [4.69, 9.17) is 19.9 Å². The molecule has 1 unspecified atom stereocenters. The lowest BCUT2D eigenvalue weighted by molar-refractivity contribution is -0.144. The van der Waals surface area contributed by atoms with Gasteiger partial charge < -0.3 is 19.9 Å². The van der Waals surface area contributed by atoms with Crippen LogP contribution in [0, 0.1) is 0 Å². The first-order valence-electron chi connectivity index (χ1n) is 7.43. The van der Waals surface area contributed by atoms with Crippen LogP contribution in [-0.2, 0) is 16.1 Å². The fraction of sp³-hybridized carbons (Fsp3) is 0.278. The molecule has 0 aliphatic rings. The number of nitrogens with two attached hydrogens (primary N) is 1. The largest absolute Gasteiger partial charge is 0.493 e. The molecule has 2 rings (SSSR count). The second kappa shape index (κ2) is 8.19. The predicted molar refractivity (Wildman–Crippen MR) is 87.3 cm³/mol. The topological polar surface area (TPSA) is 70.8 Å². The van der Waals surface area contributed by atoms with E-state index in [0.717, 1.165) is 5.56 Å². The Kier molecular flexibility index (Phi) is 6.00. The van der Waals surface area contributed by atoms with E-state index in [1.165, 1.54) is 0 Å². The zero-order valence-electron chi connectivity index (χ0n) is 13.3. The summed E-state index contributed by atoms with van der Waals surface area (Å²) in [7, 11) is 1.55. The van der Waals surface area contributed by atoms with Crippen molar-refractivity contribution in [2.45, 2.75) is 19.6 Å². The standard InChI is InChI=1S/C18H21NO4/c1-3-22-18(20)16(19)14-10-7-11-15(21-2)17(14)23-12-13-8-5-4-6-9-13/h4-11,16H,3,12,19H2,1-2H3. The summed E-state index contributed by atoms with van der Waals surface area (Å²) in [5.74, 6) is 0.489. The maximum absolute atomic E-state index is 11.9. The number of methoxy groups -OCH3 is 1. The highest BCUT2D eigenvalue weighted by molar-refractivity contribution is 5.79. The smallest absolute Gasteiger partial charge is 0.327 e. The summed E-state index contributed by atoms with van der Waals surface area (Å²) in [5.41, 5.74) is 7.56. The number of rotatable bonds is 7. The second-order valence-electron chi connectivity index (χ2n) is 4.88. The van der Waals surface area contributed by atoms with Gasteiger partial charge >= 0.3 is 5.97 Å². The van der Waals surface area contributed by atoms with Crippen LogP contribution >= 0.6 is 0 Å². The van der Waals surface area contributed by atoms with Crippen LogP contribution in [0.5, 0.6) is 11.5 Å². The van der Waals surface area contributed by atoms with E-state index in [-0.39, 0.29) is 6.61 Å². The highest BCUT2D eigenvalue weighted by Gasteiger charge is 2.23. The molecule has 5 heteroatoms. The average molecular weight is 315 g/mol. The third kappa shape index (κ3) is 4.23. The number of hydrogen-bond donors (Lipinski definition) is 1. The normalized spacial score (nSPS) is 11.6. The minimum Gasteiger partial charge on any atom is -0.493 e. The summed E-state index contributed by atoms with van der Waals surface area (Å²) in [6, 6.07) is 14.1. The molecule has 2 aromatic carbocycles. The molecule has 5 nitrogen and oxygen atoms in total. The zero-order valence-corrected chi connectivity index (χ0v) is 13.3. The molecule has 0 radical (unpaired) electrons. The van der Waals surface area contributed by atoms with Gasteiger partial charge in [-0.2, -0.15) is 0 Å². The second-order valence-corrected chi connectivity index (χ2v) is 4.88. The van der Waals surface area contributed by atoms with Crippen molar-refractivity contribution < 1.29 is 19.0 Å². The van der Waals surface area contributed by atoms with Crippen molar-refractivity contribution >= 4 is 5.97 Å². The first kappa shape index (κ1) is 16.8. The Labute approximate surface area is 136 Å². The summed E-state index contributed by atoms with van der Waals surface area (Å²) in [6.45, 7) is 2.36. The van der Waals surface area contributed by atoms with Crippen molar-refractivity contribution in [3.8, 4) is 11.5 Å². The van der Waals surface area contributed by atoms with Gasteiger partial charge in [0.15, 0.2) is 11.5 Å². The van der Waals surface area contributed by atoms with Gasteiger partial charge in [0.2, 0.25) is 0 Å². The van der Waals surface area contributed by atoms with Gasteiger partial charge in [0.1, 0.15) is 12.6 Å². The number of benzene rings is 2. The Morgan fingerprint density at radius 2 is 1.87 bits per heavy atom. The highest BCUT2D eigenvalue weighted by Crippen LogP contribution is 2.35. The fourth-order valence-corrected chi connectivity index (χ4v) is 2.18. The Morgan fingerprint density at radius 3 is 2.52 bits per heavy atom. The molecule has 122 valence electrons. The summed E-state index contributed by atoms with van der Waals surface area (Å²) >= 11 is 0. The molecule has 0 saturated carbocycles. The van der Waals surface area contributed by atoms with E-state index in [9.17, 15) is 4.79 Å². The lowest BCUT2D eigenvalue weighted by atomic mass is 10.1. The quantitative estimate of drug-likeness (QED) is 0.796. The Balaban J connectivity index is 2.26. The van der Waals surface area contributed by atoms with Crippen LogP contribution in [0.1, 0.15) is 24.1 Å². The van der Waals surface area contributed by atoms with Gasteiger partial charge in [0.05, 0.1) is 13.7 Å². The van der Waals surface area contributed by atoms with Crippen molar-refractivity contribution in [3.05, 3.63) is 59.7 Å². The Morgan fingerprint density at radius 1 is 1.13 bits per heavy atom. The number of para-hydroxylation sites is 1. The molecule has 0 bridgehead atoms. The molecule has 0 heterocycles. The number of hydrogen-bond acceptors (Lipinski definition) is 5. The SMILES string of the molecule is CCOC(=O)C(N)c1cccc(OC)c1OCc1ccccc1. The van der Waals surface area contributed by atoms with Crippen LogP contribution in [0.3, 0.4) is 0 Å². The molecule has 0 spiro atoms. The van der Waals surface area contributed by atoms with Crippen LogP contribution in [0.25, 0.3) is 0 Å². The number of esters is 1. The van der Waals surface area contributed by atoms with Gasteiger partial charge in [0, 0.05) is 5.56 Å². The molecule has 0 amide bonds. The molecular weight excluding hydrogens is 294 g/mol. The minimum absolute atomic E-state index is 0.275. The van der Waals surface area contributed by atoms with Crippen LogP contribution in [0.2, 0.25) is 0 Å². The maximum atomic E-state index is 11.9. The third-order valence-corrected chi connectivity index (χ3v) is 3.33. The zero-order chi connectivity index (χ0) is 16.7. The molecule has 0 fully saturated rings. The molecule has 2 N–H and O–H groups in total. The van der Waals surface area contributed by atoms with Gasteiger partial charge in [-0.1, -0.05) is 42.5 Å². The van der Waals surface area contributed by atoms with Crippen molar-refractivity contribution in [3.63, 3.8) is 0 Å². The number of ether oxygens (including phenoxy) is 3. The van der Waals surface area contributed by atoms with Crippen LogP contribution in [0.4, 0.5) is 0 Å². The average Bonchev–Trinajstić information content (AvgIpc) is 2.60. The lowest BCUT2D eigenvalue weighted by Gasteiger charge is -2.18. The summed E-state index contributed by atoms with van der Waals surface area (Å²) in [6.07, 6.45) is 0. The molecule has 0 saturated heterocycles. The lowest BCUT2D eigenvalue weighted by Crippen LogP contribution is -2.24. The fourth-order valence-electron chi connectivity index (χ4n) is 2.18. The molecule has 0 aliphatic carbocycles. The van der Waals surface area contributed by atoms with E-state index >= 15 is 0 Å². The summed E-state index contributed by atoms with van der Waals surface area (Å²) in [5, 5.41) is 0. The van der Waals surface area contributed by atoms with E-state index in [1.807, 2.05) is 30.3 Å². The van der Waals surface area contributed by atoms with Crippen LogP contribution in [0.15, 0.2) is 48.5 Å². The molecule has 2 aromatic rings. The van der Waals surface area contributed by atoms with Crippen molar-refractivity contribution in [1.82, 2.24) is 0 Å². The van der Waals surface area contributed by atoms with E-state index in [0.29, 0.717) is 23.7 Å². The molecule has 0 aliphatic heterocycles. The van der Waals surface area contributed by atoms with Crippen LogP contribution in [-0.4, -0.2) is 19.7 Å². The van der Waals surface area contributed by atoms with Gasteiger partial charge in [-0.25, -0.2) is 4.79 Å². The van der Waals surface area contributed by atoms with E-state index < -0.39 is 12.0 Å². The van der Waals surface area contributed by atoms with E-state index in [2.05, 4.69) is 0 Å². The Hall–Kier alpha value is -2.53. The number of carbonyl (C=O) groups is 1. The first-order valence-corrected chi connectivity index (χ1v) is 7.43. The van der Waals surface area contributed by atoms with Gasteiger partial charge in [0.25, 0.3) is 0 Å². The predicted octanol–water partition coefficient (Wildman–Crippen LogP) is 2.84. The molecule has 1 atom stereocenters. The van der Waals surface area contributed by atoms with Gasteiger partial charge in [-0.15, -0.1) is 0 Å². The number of carbonyl (C=O) groups excluding carboxylic acids is 1. The summed E-state index contributed by atoms with van der Waals surface area (Å²) < 4.78 is 16.2.